The highest BCUT2D eigenvalue weighted by atomic mass is 16.2. The molecule has 2 aromatic carbocycles. The monoisotopic (exact) mass is 401 g/mol. The highest BCUT2D eigenvalue weighted by molar-refractivity contribution is 5.92. The number of likely N-dealkylation sites (tertiary alicyclic amines) is 1. The number of benzene rings is 2. The number of H-pyrrole nitrogens is 1. The largest absolute Gasteiger partial charge is 0.337 e. The van der Waals surface area contributed by atoms with Crippen LogP contribution >= 0.6 is 0 Å². The lowest BCUT2D eigenvalue weighted by molar-refractivity contribution is 0.0645. The van der Waals surface area contributed by atoms with Crippen LogP contribution in [0.15, 0.2) is 71.5 Å². The number of nitrogens with zero attached hydrogens (tertiary/aromatic N) is 2. The number of aromatic nitrogens is 2. The van der Waals surface area contributed by atoms with Gasteiger partial charge in [-0.1, -0.05) is 54.6 Å². The first-order valence-corrected chi connectivity index (χ1v) is 10.2. The second-order valence-electron chi connectivity index (χ2n) is 7.87. The first-order valence-electron chi connectivity index (χ1n) is 10.2. The average molecular weight is 401 g/mol. The molecule has 0 spiro atoms. The lowest BCUT2D eigenvalue weighted by Gasteiger charge is -2.36. The van der Waals surface area contributed by atoms with Crippen molar-refractivity contribution in [2.24, 2.45) is 5.92 Å². The normalized spacial score (nSPS) is 23.2. The summed E-state index contributed by atoms with van der Waals surface area (Å²) in [6.45, 7) is 1.30. The van der Waals surface area contributed by atoms with E-state index >= 15 is 0 Å². The predicted molar refractivity (Wildman–Crippen MR) is 114 cm³/mol. The molecule has 0 radical (unpaired) electrons. The standard InChI is InChI=1S/C23H23N5O2/c29-21-11-10-20(25-26-21)23(30)28-13-12-19-18(14-28)22(27-24-19)17-8-6-16(7-9-17)15-4-2-1-3-5-15/h1-11,18-19,22,24,27H,12-14H2,(H,26,29). The van der Waals surface area contributed by atoms with Crippen molar-refractivity contribution in [3.8, 4) is 11.1 Å². The van der Waals surface area contributed by atoms with Crippen LogP contribution in [0.25, 0.3) is 11.1 Å². The number of fused-ring (bicyclic) bond motifs is 1. The van der Waals surface area contributed by atoms with Crippen molar-refractivity contribution in [3.63, 3.8) is 0 Å². The maximum absolute atomic E-state index is 12.8. The van der Waals surface area contributed by atoms with Crippen LogP contribution in [0.5, 0.6) is 0 Å². The van der Waals surface area contributed by atoms with Gasteiger partial charge in [0, 0.05) is 31.1 Å². The van der Waals surface area contributed by atoms with E-state index in [-0.39, 0.29) is 29.1 Å². The third-order valence-corrected chi connectivity index (χ3v) is 6.07. The highest BCUT2D eigenvalue weighted by Gasteiger charge is 2.41. The Labute approximate surface area is 174 Å². The first-order chi connectivity index (χ1) is 14.7. The van der Waals surface area contributed by atoms with Gasteiger partial charge in [0.15, 0.2) is 0 Å². The third-order valence-electron chi connectivity index (χ3n) is 6.07. The summed E-state index contributed by atoms with van der Waals surface area (Å²) in [6, 6.07) is 22.2. The highest BCUT2D eigenvalue weighted by Crippen LogP contribution is 2.34. The Bertz CT molecular complexity index is 1080. The summed E-state index contributed by atoms with van der Waals surface area (Å²) in [7, 11) is 0. The zero-order valence-corrected chi connectivity index (χ0v) is 16.4. The number of hydrogen-bond acceptors (Lipinski definition) is 5. The molecule has 3 aromatic rings. The minimum Gasteiger partial charge on any atom is -0.337 e. The van der Waals surface area contributed by atoms with Gasteiger partial charge in [-0.25, -0.2) is 10.5 Å². The average Bonchev–Trinajstić information content (AvgIpc) is 3.23. The maximum atomic E-state index is 12.8. The van der Waals surface area contributed by atoms with Crippen molar-refractivity contribution < 1.29 is 4.79 Å². The molecule has 0 bridgehead atoms. The van der Waals surface area contributed by atoms with Crippen LogP contribution in [-0.4, -0.2) is 40.1 Å². The molecule has 3 atom stereocenters. The van der Waals surface area contributed by atoms with Crippen LogP contribution in [-0.2, 0) is 0 Å². The summed E-state index contributed by atoms with van der Waals surface area (Å²) in [6.07, 6.45) is 0.866. The van der Waals surface area contributed by atoms with E-state index < -0.39 is 0 Å². The molecule has 1 amide bonds. The van der Waals surface area contributed by atoms with Crippen molar-refractivity contribution in [3.05, 3.63) is 88.3 Å². The minimum absolute atomic E-state index is 0.124. The van der Waals surface area contributed by atoms with Gasteiger partial charge in [-0.15, -0.1) is 0 Å². The molecule has 2 aliphatic rings. The molecule has 0 aliphatic carbocycles. The Hall–Kier alpha value is -3.29. The Morgan fingerprint density at radius 3 is 2.43 bits per heavy atom. The third kappa shape index (κ3) is 3.53. The first kappa shape index (κ1) is 18.7. The van der Waals surface area contributed by atoms with Crippen LogP contribution in [0.2, 0.25) is 0 Å². The molecule has 3 unspecified atom stereocenters. The van der Waals surface area contributed by atoms with Crippen molar-refractivity contribution in [1.82, 2.24) is 25.9 Å². The molecular weight excluding hydrogens is 378 g/mol. The summed E-state index contributed by atoms with van der Waals surface area (Å²) in [4.78, 5) is 25.9. The van der Waals surface area contributed by atoms with Gasteiger partial charge in [0.1, 0.15) is 5.69 Å². The molecule has 7 nitrogen and oxygen atoms in total. The minimum atomic E-state index is -0.312. The molecule has 1 aromatic heterocycles. The van der Waals surface area contributed by atoms with Crippen LogP contribution in [0.4, 0.5) is 0 Å². The fourth-order valence-corrected chi connectivity index (χ4v) is 4.46. The molecule has 7 heteroatoms. The van der Waals surface area contributed by atoms with Crippen LogP contribution in [0.3, 0.4) is 0 Å². The molecule has 152 valence electrons. The van der Waals surface area contributed by atoms with Gasteiger partial charge in [-0.3, -0.25) is 15.0 Å². The number of nitrogens with one attached hydrogen (secondary N) is 3. The number of amides is 1. The number of hydrogen-bond donors (Lipinski definition) is 3. The van der Waals surface area contributed by atoms with E-state index in [1.165, 1.54) is 28.8 Å². The SMILES string of the molecule is O=C(c1ccc(=O)[nH]n1)N1CCC2NNC(c3ccc(-c4ccccc4)cc3)C2C1. The van der Waals surface area contributed by atoms with Gasteiger partial charge in [-0.05, 0) is 29.2 Å². The van der Waals surface area contributed by atoms with E-state index in [4.69, 9.17) is 0 Å². The Morgan fingerprint density at radius 1 is 0.933 bits per heavy atom. The summed E-state index contributed by atoms with van der Waals surface area (Å²) in [5, 5.41) is 6.24. The molecule has 2 saturated heterocycles. The van der Waals surface area contributed by atoms with Crippen molar-refractivity contribution >= 4 is 5.91 Å². The van der Waals surface area contributed by atoms with Gasteiger partial charge in [0.05, 0.1) is 6.04 Å². The summed E-state index contributed by atoms with van der Waals surface area (Å²) < 4.78 is 0. The number of rotatable bonds is 3. The number of piperidine rings is 1. The number of carbonyl (C=O) groups excluding carboxylic acids is 1. The Kier molecular flexibility index (Phi) is 4.90. The zero-order chi connectivity index (χ0) is 20.5. The van der Waals surface area contributed by atoms with Gasteiger partial charge in [0.2, 0.25) is 0 Å². The van der Waals surface area contributed by atoms with Crippen LogP contribution < -0.4 is 16.4 Å². The van der Waals surface area contributed by atoms with Gasteiger partial charge in [-0.2, -0.15) is 5.10 Å². The molecular formula is C23H23N5O2. The van der Waals surface area contributed by atoms with E-state index in [1.807, 2.05) is 23.1 Å². The zero-order valence-electron chi connectivity index (χ0n) is 16.4. The fourth-order valence-electron chi connectivity index (χ4n) is 4.46. The van der Waals surface area contributed by atoms with E-state index in [1.54, 1.807) is 0 Å². The Morgan fingerprint density at radius 2 is 1.70 bits per heavy atom. The lowest BCUT2D eigenvalue weighted by Crippen LogP contribution is -2.48. The number of aromatic amines is 1. The molecule has 30 heavy (non-hydrogen) atoms. The van der Waals surface area contributed by atoms with Crippen molar-refractivity contribution in [1.29, 1.82) is 0 Å². The van der Waals surface area contributed by atoms with Crippen LogP contribution in [0.1, 0.15) is 28.5 Å². The molecule has 2 aliphatic heterocycles. The quantitative estimate of drug-likeness (QED) is 0.626. The topological polar surface area (TPSA) is 90.1 Å². The number of carbonyl (C=O) groups is 1. The molecule has 5 rings (SSSR count). The number of hydrazine groups is 1. The molecule has 2 fully saturated rings. The van der Waals surface area contributed by atoms with Crippen molar-refractivity contribution in [2.75, 3.05) is 13.1 Å². The smallest absolute Gasteiger partial charge is 0.274 e. The summed E-state index contributed by atoms with van der Waals surface area (Å²) in [5.74, 6) is 0.114. The fraction of sp³-hybridized carbons (Fsp3) is 0.261. The second-order valence-corrected chi connectivity index (χ2v) is 7.87. The van der Waals surface area contributed by atoms with E-state index in [0.717, 1.165) is 6.42 Å². The van der Waals surface area contributed by atoms with E-state index in [9.17, 15) is 9.59 Å². The van der Waals surface area contributed by atoms with Gasteiger partial charge >= 0.3 is 0 Å². The Balaban J connectivity index is 1.33. The summed E-state index contributed by atoms with van der Waals surface area (Å²) >= 11 is 0. The molecule has 3 N–H and O–H groups in total. The maximum Gasteiger partial charge on any atom is 0.274 e. The van der Waals surface area contributed by atoms with E-state index in [0.29, 0.717) is 19.1 Å². The molecule has 3 heterocycles. The van der Waals surface area contributed by atoms with Crippen molar-refractivity contribution in [2.45, 2.75) is 18.5 Å². The predicted octanol–water partition coefficient (Wildman–Crippen LogP) is 2.12. The van der Waals surface area contributed by atoms with Gasteiger partial charge in [0.25, 0.3) is 11.5 Å². The lowest BCUT2D eigenvalue weighted by atomic mass is 9.84. The second kappa shape index (κ2) is 7.85. The summed E-state index contributed by atoms with van der Waals surface area (Å²) in [5.41, 5.74) is 10.4. The van der Waals surface area contributed by atoms with Crippen LogP contribution in [0, 0.1) is 5.92 Å². The van der Waals surface area contributed by atoms with E-state index in [2.05, 4.69) is 57.4 Å². The molecule has 0 saturated carbocycles. The van der Waals surface area contributed by atoms with Gasteiger partial charge < -0.3 is 4.90 Å².